The molecule has 1 atom stereocenters. The summed E-state index contributed by atoms with van der Waals surface area (Å²) < 4.78 is 17.6. The number of benzene rings is 1. The maximum absolute atomic E-state index is 12.8. The van der Waals surface area contributed by atoms with Crippen molar-refractivity contribution in [3.05, 3.63) is 35.1 Å². The highest BCUT2D eigenvalue weighted by atomic mass is 35.5. The number of halogens is 2. The molecular weight excluding hydrogens is 219 g/mol. The lowest BCUT2D eigenvalue weighted by Crippen LogP contribution is -2.12. The van der Waals surface area contributed by atoms with Gasteiger partial charge in [0.1, 0.15) is 5.82 Å². The van der Waals surface area contributed by atoms with Crippen LogP contribution in [0.15, 0.2) is 18.2 Å². The van der Waals surface area contributed by atoms with Gasteiger partial charge in [0.05, 0.1) is 6.61 Å². The van der Waals surface area contributed by atoms with Crippen molar-refractivity contribution >= 4 is 17.6 Å². The molecule has 0 aliphatic heterocycles. The van der Waals surface area contributed by atoms with E-state index < -0.39 is 11.3 Å². The lowest BCUT2D eigenvalue weighted by molar-refractivity contribution is -0.142. The van der Waals surface area contributed by atoms with E-state index in [1.165, 1.54) is 18.2 Å². The van der Waals surface area contributed by atoms with Crippen molar-refractivity contribution in [2.75, 3.05) is 6.61 Å². The van der Waals surface area contributed by atoms with Crippen molar-refractivity contribution in [2.24, 2.45) is 0 Å². The zero-order chi connectivity index (χ0) is 11.4. The molecule has 0 amide bonds. The molecule has 1 rings (SSSR count). The third-order valence-corrected chi connectivity index (χ3v) is 2.41. The van der Waals surface area contributed by atoms with E-state index in [1.807, 2.05) is 0 Å². The molecule has 82 valence electrons. The zero-order valence-electron chi connectivity index (χ0n) is 8.59. The molecule has 0 aromatic heterocycles. The summed E-state index contributed by atoms with van der Waals surface area (Å²) in [7, 11) is 0. The summed E-state index contributed by atoms with van der Waals surface area (Å²) in [5.41, 5.74) is 1.22. The number of ether oxygens (including phenoxy) is 1. The normalized spacial score (nSPS) is 12.3. The van der Waals surface area contributed by atoms with Crippen LogP contribution in [0.2, 0.25) is 0 Å². The molecule has 2 nitrogen and oxygen atoms in total. The Hall–Kier alpha value is -1.09. The molecule has 0 N–H and O–H groups in total. The fraction of sp³-hybridized carbons (Fsp3) is 0.364. The Kier molecular flexibility index (Phi) is 4.09. The minimum Gasteiger partial charge on any atom is -0.465 e. The van der Waals surface area contributed by atoms with Crippen molar-refractivity contribution in [3.8, 4) is 0 Å². The number of carbonyl (C=O) groups excluding carboxylic acids is 1. The number of hydrogen-bond acceptors (Lipinski definition) is 2. The Morgan fingerprint density at radius 3 is 2.80 bits per heavy atom. The first-order valence-corrected chi connectivity index (χ1v) is 5.06. The van der Waals surface area contributed by atoms with Gasteiger partial charge in [-0.05, 0) is 37.1 Å². The van der Waals surface area contributed by atoms with Crippen LogP contribution in [0.1, 0.15) is 23.4 Å². The standard InChI is InChI=1S/C11H12ClFO2/c1-3-15-11(14)10(12)9-5-4-8(13)6-7(9)2/h4-6,10H,3H2,1-2H3. The predicted molar refractivity (Wildman–Crippen MR) is 56.4 cm³/mol. The average molecular weight is 231 g/mol. The Labute approximate surface area is 93.0 Å². The van der Waals surface area contributed by atoms with Gasteiger partial charge < -0.3 is 4.74 Å². The largest absolute Gasteiger partial charge is 0.465 e. The van der Waals surface area contributed by atoms with Gasteiger partial charge in [-0.3, -0.25) is 4.79 Å². The Bertz CT molecular complexity index is 366. The minimum absolute atomic E-state index is 0.280. The van der Waals surface area contributed by atoms with Crippen LogP contribution in [0.4, 0.5) is 4.39 Å². The van der Waals surface area contributed by atoms with E-state index in [2.05, 4.69) is 0 Å². The Morgan fingerprint density at radius 1 is 1.60 bits per heavy atom. The third kappa shape index (κ3) is 2.93. The van der Waals surface area contributed by atoms with Crippen LogP contribution < -0.4 is 0 Å². The van der Waals surface area contributed by atoms with Gasteiger partial charge in [-0.2, -0.15) is 0 Å². The van der Waals surface area contributed by atoms with E-state index in [9.17, 15) is 9.18 Å². The first kappa shape index (κ1) is 12.0. The summed E-state index contributed by atoms with van der Waals surface area (Å²) in [4.78, 5) is 11.3. The van der Waals surface area contributed by atoms with Crippen LogP contribution in [-0.4, -0.2) is 12.6 Å². The highest BCUT2D eigenvalue weighted by Crippen LogP contribution is 2.25. The maximum Gasteiger partial charge on any atom is 0.328 e. The second-order valence-electron chi connectivity index (χ2n) is 3.12. The van der Waals surface area contributed by atoms with Gasteiger partial charge in [0.2, 0.25) is 0 Å². The van der Waals surface area contributed by atoms with Crippen LogP contribution in [0.3, 0.4) is 0 Å². The molecule has 0 saturated carbocycles. The quantitative estimate of drug-likeness (QED) is 0.590. The van der Waals surface area contributed by atoms with Crippen molar-refractivity contribution in [1.29, 1.82) is 0 Å². The van der Waals surface area contributed by atoms with Crippen molar-refractivity contribution in [1.82, 2.24) is 0 Å². The summed E-state index contributed by atoms with van der Waals surface area (Å²) in [5.74, 6) is -0.849. The van der Waals surface area contributed by atoms with Crippen LogP contribution in [0.5, 0.6) is 0 Å². The first-order valence-electron chi connectivity index (χ1n) is 4.63. The summed E-state index contributed by atoms with van der Waals surface area (Å²) in [6, 6.07) is 4.11. The number of hydrogen-bond donors (Lipinski definition) is 0. The summed E-state index contributed by atoms with van der Waals surface area (Å²) in [6.07, 6.45) is 0. The average Bonchev–Trinajstić information content (AvgIpc) is 2.17. The van der Waals surface area contributed by atoms with Gasteiger partial charge in [0.25, 0.3) is 0 Å². The van der Waals surface area contributed by atoms with E-state index in [-0.39, 0.29) is 12.4 Å². The first-order chi connectivity index (χ1) is 7.06. The van der Waals surface area contributed by atoms with Crippen LogP contribution >= 0.6 is 11.6 Å². The number of aryl methyl sites for hydroxylation is 1. The predicted octanol–water partition coefficient (Wildman–Crippen LogP) is 2.98. The van der Waals surface area contributed by atoms with E-state index in [0.29, 0.717) is 11.1 Å². The second kappa shape index (κ2) is 5.12. The van der Waals surface area contributed by atoms with Gasteiger partial charge in [-0.15, -0.1) is 11.6 Å². The monoisotopic (exact) mass is 230 g/mol. The molecule has 0 aliphatic carbocycles. The molecule has 1 unspecified atom stereocenters. The number of carbonyl (C=O) groups is 1. The third-order valence-electron chi connectivity index (χ3n) is 2.00. The highest BCUT2D eigenvalue weighted by Gasteiger charge is 2.20. The maximum atomic E-state index is 12.8. The zero-order valence-corrected chi connectivity index (χ0v) is 9.34. The molecule has 0 aliphatic rings. The molecule has 0 saturated heterocycles. The topological polar surface area (TPSA) is 26.3 Å². The SMILES string of the molecule is CCOC(=O)C(Cl)c1ccc(F)cc1C. The van der Waals surface area contributed by atoms with Crippen molar-refractivity contribution < 1.29 is 13.9 Å². The van der Waals surface area contributed by atoms with E-state index in [0.717, 1.165) is 0 Å². The number of esters is 1. The summed E-state index contributed by atoms with van der Waals surface area (Å²) >= 11 is 5.90. The molecule has 4 heteroatoms. The Morgan fingerprint density at radius 2 is 2.27 bits per heavy atom. The summed E-state index contributed by atoms with van der Waals surface area (Å²) in [5, 5.41) is -0.870. The molecule has 1 aromatic carbocycles. The smallest absolute Gasteiger partial charge is 0.328 e. The fourth-order valence-electron chi connectivity index (χ4n) is 1.27. The summed E-state index contributed by atoms with van der Waals surface area (Å²) in [6.45, 7) is 3.69. The Balaban J connectivity index is 2.91. The van der Waals surface area contributed by atoms with E-state index >= 15 is 0 Å². The number of rotatable bonds is 3. The van der Waals surface area contributed by atoms with Gasteiger partial charge in [-0.1, -0.05) is 6.07 Å². The van der Waals surface area contributed by atoms with Gasteiger partial charge in [-0.25, -0.2) is 4.39 Å². The molecule has 0 fully saturated rings. The molecule has 0 bridgehead atoms. The van der Waals surface area contributed by atoms with Crippen LogP contribution in [0, 0.1) is 12.7 Å². The molecule has 0 radical (unpaired) electrons. The molecule has 0 spiro atoms. The molecule has 1 aromatic rings. The molecule has 15 heavy (non-hydrogen) atoms. The van der Waals surface area contributed by atoms with Crippen molar-refractivity contribution in [2.45, 2.75) is 19.2 Å². The fourth-order valence-corrected chi connectivity index (χ4v) is 1.57. The van der Waals surface area contributed by atoms with Crippen LogP contribution in [-0.2, 0) is 9.53 Å². The lowest BCUT2D eigenvalue weighted by atomic mass is 10.1. The van der Waals surface area contributed by atoms with Crippen LogP contribution in [0.25, 0.3) is 0 Å². The van der Waals surface area contributed by atoms with Gasteiger partial charge in [0.15, 0.2) is 5.38 Å². The number of alkyl halides is 1. The van der Waals surface area contributed by atoms with Crippen molar-refractivity contribution in [3.63, 3.8) is 0 Å². The van der Waals surface area contributed by atoms with E-state index in [4.69, 9.17) is 16.3 Å². The second-order valence-corrected chi connectivity index (χ2v) is 3.55. The van der Waals surface area contributed by atoms with Gasteiger partial charge >= 0.3 is 5.97 Å². The van der Waals surface area contributed by atoms with E-state index in [1.54, 1.807) is 13.8 Å². The molecular formula is C11H12ClFO2. The van der Waals surface area contributed by atoms with Gasteiger partial charge in [0, 0.05) is 0 Å². The molecule has 0 heterocycles. The minimum atomic E-state index is -0.870. The lowest BCUT2D eigenvalue weighted by Gasteiger charge is -2.11. The highest BCUT2D eigenvalue weighted by molar-refractivity contribution is 6.30.